The first kappa shape index (κ1) is 44.8. The molecule has 0 bridgehead atoms. The van der Waals surface area contributed by atoms with Crippen LogP contribution in [-0.2, 0) is 45.4 Å². The van der Waals surface area contributed by atoms with Gasteiger partial charge in [0.15, 0.2) is 11.5 Å². The van der Waals surface area contributed by atoms with Crippen molar-refractivity contribution >= 4 is 76.6 Å². The van der Waals surface area contributed by atoms with E-state index in [9.17, 15) is 55.6 Å². The molecule has 1 saturated carbocycles. The molecule has 3 aliphatic rings. The number of Topliss-reactive ketones (excluding diaryl/α,β-unsaturated/α-hetero) is 1. The number of carboxylic acid groups (broad SMARTS) is 2. The summed E-state index contributed by atoms with van der Waals surface area (Å²) in [5.74, 6) is -2.93. The van der Waals surface area contributed by atoms with Gasteiger partial charge in [-0.3, -0.25) is 23.5 Å². The second-order valence-corrected chi connectivity index (χ2v) is 20.3. The Labute approximate surface area is 360 Å². The van der Waals surface area contributed by atoms with Crippen LogP contribution in [0.3, 0.4) is 0 Å². The van der Waals surface area contributed by atoms with E-state index < -0.39 is 55.0 Å². The summed E-state index contributed by atoms with van der Waals surface area (Å²) in [6.07, 6.45) is 5.96. The quantitative estimate of drug-likeness (QED) is 0.0322. The zero-order valence-corrected chi connectivity index (χ0v) is 36.6. The van der Waals surface area contributed by atoms with Crippen molar-refractivity contribution in [3.05, 3.63) is 95.2 Å². The van der Waals surface area contributed by atoms with Crippen molar-refractivity contribution < 1.29 is 60.2 Å². The molecule has 328 valence electrons. The lowest BCUT2D eigenvalue weighted by Crippen LogP contribution is -2.46. The number of carboxylic acids is 2. The van der Waals surface area contributed by atoms with Crippen LogP contribution in [-0.4, -0.2) is 88.5 Å². The molecular weight excluding hydrogens is 837 g/mol. The number of allylic oxidation sites excluding steroid dienone is 2. The molecule has 1 fully saturated rings. The predicted molar refractivity (Wildman–Crippen MR) is 234 cm³/mol. The Morgan fingerprint density at radius 2 is 1.27 bits per heavy atom. The lowest BCUT2D eigenvalue weighted by Gasteiger charge is -2.35. The minimum absolute atomic E-state index is 0.0380. The molecule has 4 aromatic carbocycles. The fraction of sp³-hybridized carbons (Fsp3) is 0.391. The molecule has 4 aromatic rings. The first-order chi connectivity index (χ1) is 29.0. The van der Waals surface area contributed by atoms with Gasteiger partial charge in [0.25, 0.3) is 20.2 Å². The molecule has 1 aliphatic carbocycles. The van der Waals surface area contributed by atoms with Crippen molar-refractivity contribution in [2.45, 2.75) is 106 Å². The molecule has 14 nitrogen and oxygen atoms in total. The molecule has 2 atom stereocenters. The maximum Gasteiger partial charge on any atom is 0.303 e. The lowest BCUT2D eigenvalue weighted by atomic mass is 9.70. The maximum atomic E-state index is 14.3. The third-order valence-corrected chi connectivity index (χ3v) is 14.3. The van der Waals surface area contributed by atoms with E-state index in [2.05, 4.69) is 9.48 Å². The standard InChI is InChI=1S/C46H50N2O12S2/c1-45(2)37(47(21-9-5-7-11-39(49)50)35-19-13-27-23-29(61(55,56)57)15-17-31(27)41(35)45)25-33-43(53)34(44(33)54)26-38-46(3,4)42-32-18-16-30(62(58,59)60)24-28(32)14-20-36(42)48(38)22-10-6-8-12-40(51)52/h13-20,23-26,33,43,53H,5-12,21-22H2,1-4H3,(H3-,49,50,51,52,55,56,57,58,59,60)/p+1. The van der Waals surface area contributed by atoms with Gasteiger partial charge >= 0.3 is 11.9 Å². The summed E-state index contributed by atoms with van der Waals surface area (Å²) in [7, 11) is -8.92. The zero-order valence-electron chi connectivity index (χ0n) is 35.0. The summed E-state index contributed by atoms with van der Waals surface area (Å²) in [5.41, 5.74) is 3.62. The molecule has 62 heavy (non-hydrogen) atoms. The molecule has 2 heterocycles. The number of nitrogens with zero attached hydrogens (tertiary/aromatic N) is 2. The summed E-state index contributed by atoms with van der Waals surface area (Å²) in [5, 5.41) is 33.0. The number of ketones is 1. The van der Waals surface area contributed by atoms with Gasteiger partial charge in [0, 0.05) is 65.9 Å². The molecule has 7 rings (SSSR count). The molecular formula is C46H51N2O12S2+. The highest BCUT2D eigenvalue weighted by Crippen LogP contribution is 2.53. The van der Waals surface area contributed by atoms with Gasteiger partial charge < -0.3 is 20.2 Å². The topological polar surface area (TPSA) is 227 Å². The van der Waals surface area contributed by atoms with E-state index >= 15 is 0 Å². The Morgan fingerprint density at radius 3 is 1.82 bits per heavy atom. The number of aliphatic hydroxyl groups excluding tert-OH is 1. The number of rotatable bonds is 16. The van der Waals surface area contributed by atoms with Crippen LogP contribution in [0.5, 0.6) is 0 Å². The van der Waals surface area contributed by atoms with Crippen molar-refractivity contribution in [3.63, 3.8) is 0 Å². The van der Waals surface area contributed by atoms with Crippen LogP contribution in [0, 0.1) is 5.92 Å². The Kier molecular flexibility index (Phi) is 11.9. The predicted octanol–water partition coefficient (Wildman–Crippen LogP) is 7.32. The lowest BCUT2D eigenvalue weighted by molar-refractivity contribution is -0.438. The van der Waals surface area contributed by atoms with E-state index in [1.54, 1.807) is 36.4 Å². The number of hydrogen-bond acceptors (Lipinski definition) is 9. The smallest absolute Gasteiger partial charge is 0.303 e. The van der Waals surface area contributed by atoms with Crippen LogP contribution in [0.25, 0.3) is 21.5 Å². The van der Waals surface area contributed by atoms with Crippen molar-refractivity contribution in [2.24, 2.45) is 5.92 Å². The van der Waals surface area contributed by atoms with Crippen LogP contribution in [0.2, 0.25) is 0 Å². The minimum Gasteiger partial charge on any atom is -0.481 e. The number of benzene rings is 4. The molecule has 16 heteroatoms. The van der Waals surface area contributed by atoms with E-state index in [-0.39, 0.29) is 34.0 Å². The van der Waals surface area contributed by atoms with E-state index in [1.165, 1.54) is 24.3 Å². The van der Waals surface area contributed by atoms with Crippen LogP contribution in [0.15, 0.2) is 93.9 Å². The molecule has 0 amide bonds. The Hall–Kier alpha value is -5.26. The number of aliphatic hydroxyl groups is 1. The van der Waals surface area contributed by atoms with Crippen LogP contribution < -0.4 is 4.90 Å². The van der Waals surface area contributed by atoms with Gasteiger partial charge in [0.1, 0.15) is 6.54 Å². The molecule has 0 saturated heterocycles. The second kappa shape index (κ2) is 16.5. The summed E-state index contributed by atoms with van der Waals surface area (Å²) in [6, 6.07) is 16.1. The van der Waals surface area contributed by atoms with E-state index in [1.807, 2.05) is 39.8 Å². The third kappa shape index (κ3) is 8.21. The van der Waals surface area contributed by atoms with Gasteiger partial charge in [-0.1, -0.05) is 44.5 Å². The highest BCUT2D eigenvalue weighted by molar-refractivity contribution is 7.86. The first-order valence-electron chi connectivity index (χ1n) is 20.6. The van der Waals surface area contributed by atoms with Gasteiger partial charge in [-0.05, 0) is 103 Å². The van der Waals surface area contributed by atoms with Crippen molar-refractivity contribution in [1.29, 1.82) is 0 Å². The second-order valence-electron chi connectivity index (χ2n) is 17.5. The average Bonchev–Trinajstić information content (AvgIpc) is 3.55. The summed E-state index contributed by atoms with van der Waals surface area (Å²) in [6.45, 7) is 8.94. The van der Waals surface area contributed by atoms with E-state index in [0.29, 0.717) is 62.4 Å². The van der Waals surface area contributed by atoms with Crippen LogP contribution in [0.1, 0.15) is 90.2 Å². The van der Waals surface area contributed by atoms with E-state index in [0.717, 1.165) is 44.7 Å². The Bertz CT molecular complexity index is 2870. The zero-order chi connectivity index (χ0) is 45.1. The number of hydrogen-bond donors (Lipinski definition) is 5. The van der Waals surface area contributed by atoms with Gasteiger partial charge in [-0.25, -0.2) is 0 Å². The number of anilines is 1. The number of carbonyl (C=O) groups excluding carboxylic acids is 1. The van der Waals surface area contributed by atoms with E-state index in [4.69, 9.17) is 0 Å². The SMILES string of the molecule is CC1(C)C(=CC2C(=O)C(=CC3=[N+](CCCCCC(=O)O)c4ccc5cc(S(=O)(=O)O)ccc5c4C3(C)C)C2O)N(CCCCCC(=O)O)c2ccc3cc(S(=O)(=O)O)ccc3c21. The van der Waals surface area contributed by atoms with Crippen LogP contribution in [0.4, 0.5) is 11.4 Å². The van der Waals surface area contributed by atoms with Crippen molar-refractivity contribution in [1.82, 2.24) is 0 Å². The Balaban J connectivity index is 1.26. The number of carbonyl (C=O) groups is 3. The average molecular weight is 888 g/mol. The number of fused-ring (bicyclic) bond motifs is 6. The molecule has 0 spiro atoms. The molecule has 5 N–H and O–H groups in total. The maximum absolute atomic E-state index is 14.3. The van der Waals surface area contributed by atoms with Gasteiger partial charge in [-0.2, -0.15) is 21.4 Å². The summed E-state index contributed by atoms with van der Waals surface area (Å²) < 4.78 is 69.6. The summed E-state index contributed by atoms with van der Waals surface area (Å²) in [4.78, 5) is 38.4. The van der Waals surface area contributed by atoms with Crippen molar-refractivity contribution in [3.8, 4) is 0 Å². The molecule has 0 radical (unpaired) electrons. The summed E-state index contributed by atoms with van der Waals surface area (Å²) >= 11 is 0. The molecule has 0 aromatic heterocycles. The largest absolute Gasteiger partial charge is 0.481 e. The third-order valence-electron chi connectivity index (χ3n) is 12.6. The first-order valence-corrected chi connectivity index (χ1v) is 23.5. The normalized spacial score (nSPS) is 20.6. The number of unbranched alkanes of at least 4 members (excludes halogenated alkanes) is 4. The Morgan fingerprint density at radius 1 is 0.726 bits per heavy atom. The van der Waals surface area contributed by atoms with Crippen molar-refractivity contribution in [2.75, 3.05) is 18.0 Å². The fourth-order valence-corrected chi connectivity index (χ4v) is 10.6. The molecule has 2 aliphatic heterocycles. The van der Waals surface area contributed by atoms with Gasteiger partial charge in [-0.15, -0.1) is 0 Å². The minimum atomic E-state index is -4.46. The van der Waals surface area contributed by atoms with Gasteiger partial charge in [0.05, 0.1) is 27.2 Å². The molecule has 2 unspecified atom stereocenters. The highest BCUT2D eigenvalue weighted by Gasteiger charge is 2.51. The van der Waals surface area contributed by atoms with Gasteiger partial charge in [0.2, 0.25) is 5.69 Å². The monoisotopic (exact) mass is 887 g/mol. The number of aliphatic carboxylic acids is 2. The fourth-order valence-electron chi connectivity index (χ4n) is 9.57. The highest BCUT2D eigenvalue weighted by atomic mass is 32.2. The van der Waals surface area contributed by atoms with Crippen LogP contribution >= 0.6 is 0 Å².